The summed E-state index contributed by atoms with van der Waals surface area (Å²) in [6, 6.07) is 3.29. The maximum absolute atomic E-state index is 15.5. The molecule has 1 saturated heterocycles. The smallest absolute Gasteiger partial charge is 0.454 e. The standard InChI is InChI=1S/C44H62ClN3O13/c1-23-20-30-28(24(2)22-47(27-17-18-27)38(51)56-12)19-16-25(3)44(30,55)35(34(23)57-26(4)49)58-36(50)32-21-43(60-40(54)59-42(8,9)10)29-14-13-15-31(45)33(29)46(11)61-37(43)48(32,39(52)53)41(5,6)7/h13-15,20,24-25,27-28,30,32,34-35,37,55H,16-19,21-22H2,1-12H3/p+1/t24?,25-,28+,30-,32+,34?,35+,37-,43-,44-,48?/m1/s1. The van der Waals surface area contributed by atoms with Gasteiger partial charge < -0.3 is 38.8 Å². The van der Waals surface area contributed by atoms with Crippen LogP contribution in [0.4, 0.5) is 20.1 Å². The van der Waals surface area contributed by atoms with Gasteiger partial charge in [0, 0.05) is 38.0 Å². The maximum atomic E-state index is 15.5. The second-order valence-corrected chi connectivity index (χ2v) is 20.1. The van der Waals surface area contributed by atoms with Gasteiger partial charge in [-0.3, -0.25) is 4.79 Å². The Kier molecular flexibility index (Phi) is 12.3. The van der Waals surface area contributed by atoms with Gasteiger partial charge in [-0.15, -0.1) is 0 Å². The second-order valence-electron chi connectivity index (χ2n) is 19.7. The Morgan fingerprint density at radius 2 is 1.72 bits per heavy atom. The molecule has 5 aliphatic rings. The van der Waals surface area contributed by atoms with Gasteiger partial charge in [-0.1, -0.05) is 43.7 Å². The first-order valence-electron chi connectivity index (χ1n) is 21.1. The molecule has 16 nitrogen and oxygen atoms in total. The van der Waals surface area contributed by atoms with Crippen molar-refractivity contribution < 1.29 is 67.2 Å². The number of carboxylic acid groups (broad SMARTS) is 1. The Labute approximate surface area is 362 Å². The molecule has 17 heteroatoms. The van der Waals surface area contributed by atoms with Gasteiger partial charge in [-0.05, 0) is 104 Å². The van der Waals surface area contributed by atoms with Gasteiger partial charge in [0.15, 0.2) is 12.2 Å². The zero-order chi connectivity index (χ0) is 45.4. The number of rotatable bonds is 8. The number of anilines is 1. The topological polar surface area (TPSA) is 188 Å². The van der Waals surface area contributed by atoms with Crippen LogP contribution in [0.25, 0.3) is 0 Å². The third-order valence-corrected chi connectivity index (χ3v) is 13.9. The molecule has 2 saturated carbocycles. The van der Waals surface area contributed by atoms with Crippen LogP contribution in [0.1, 0.15) is 107 Å². The van der Waals surface area contributed by atoms with Gasteiger partial charge in [0.2, 0.25) is 11.6 Å². The minimum absolute atomic E-state index is 0.0712. The molecular formula is C44H63ClN3O13+. The lowest BCUT2D eigenvalue weighted by molar-refractivity contribution is -0.953. The number of benzene rings is 1. The number of para-hydroxylation sites is 1. The molecule has 0 aromatic heterocycles. The van der Waals surface area contributed by atoms with Crippen LogP contribution >= 0.6 is 11.6 Å². The molecule has 0 spiro atoms. The first-order valence-corrected chi connectivity index (χ1v) is 21.5. The SMILES string of the molecule is COC(=O)N(CC(C)[C@@H]1CC[C@@H](C)[C@@]2(O)[C@@H]1C=C(C)C(OC(C)=O)[C@@H]2OC(=O)[C@@H]1C[C@@]2(OC(=O)OC(C)(C)C)c3cccc(Cl)c3N(C)O[C@H]2[N+]1(C(=O)O)C(C)(C)C)C1CC1. The number of quaternary nitrogens is 1. The Morgan fingerprint density at radius 1 is 1.07 bits per heavy atom. The molecule has 1 aromatic carbocycles. The highest BCUT2D eigenvalue weighted by atomic mass is 35.5. The number of carbonyl (C=O) groups is 5. The van der Waals surface area contributed by atoms with E-state index in [9.17, 15) is 29.4 Å². The number of fused-ring (bicyclic) bond motifs is 4. The number of likely N-dealkylation sites (tertiary alicyclic amines) is 1. The van der Waals surface area contributed by atoms with Gasteiger partial charge in [0.05, 0.1) is 24.2 Å². The van der Waals surface area contributed by atoms with Crippen molar-refractivity contribution in [1.82, 2.24) is 4.90 Å². The number of hydroxylamine groups is 1. The molecule has 6 rings (SSSR count). The molecule has 2 heterocycles. The van der Waals surface area contributed by atoms with E-state index in [0.29, 0.717) is 30.6 Å². The largest absolute Gasteiger partial charge is 0.517 e. The van der Waals surface area contributed by atoms with Crippen LogP contribution in [-0.4, -0.2) is 118 Å². The number of ether oxygens (including phenoxy) is 5. The number of nitrogens with zero attached hydrogens (tertiary/aromatic N) is 3. The van der Waals surface area contributed by atoms with E-state index in [-0.39, 0.29) is 28.5 Å². The molecule has 0 radical (unpaired) electrons. The zero-order valence-electron chi connectivity index (χ0n) is 37.4. The van der Waals surface area contributed by atoms with E-state index in [0.717, 1.165) is 12.8 Å². The van der Waals surface area contributed by atoms with E-state index < -0.39 is 99.8 Å². The summed E-state index contributed by atoms with van der Waals surface area (Å²) >= 11 is 6.75. The number of halogens is 1. The van der Waals surface area contributed by atoms with Crippen LogP contribution < -0.4 is 5.06 Å². The van der Waals surface area contributed by atoms with E-state index in [2.05, 4.69) is 0 Å². The summed E-state index contributed by atoms with van der Waals surface area (Å²) < 4.78 is 28.3. The Morgan fingerprint density at radius 3 is 2.28 bits per heavy atom. The van der Waals surface area contributed by atoms with Gasteiger partial charge in [-0.25, -0.2) is 24.3 Å². The predicted octanol–water partition coefficient (Wildman–Crippen LogP) is 7.32. The van der Waals surface area contributed by atoms with Gasteiger partial charge >= 0.3 is 30.3 Å². The first-order chi connectivity index (χ1) is 28.3. The third kappa shape index (κ3) is 7.84. The fourth-order valence-corrected chi connectivity index (χ4v) is 11.0. The van der Waals surface area contributed by atoms with Crippen molar-refractivity contribution in [3.63, 3.8) is 0 Å². The summed E-state index contributed by atoms with van der Waals surface area (Å²) in [5, 5.41) is 26.3. The molecule has 2 N–H and O–H groups in total. The van der Waals surface area contributed by atoms with Crippen molar-refractivity contribution >= 4 is 47.6 Å². The normalized spacial score (nSPS) is 33.8. The number of hydrogen-bond acceptors (Lipinski definition) is 13. The molecule has 338 valence electrons. The lowest BCUT2D eigenvalue weighted by atomic mass is 9.55. The predicted molar refractivity (Wildman–Crippen MR) is 221 cm³/mol. The molecule has 1 aromatic rings. The van der Waals surface area contributed by atoms with E-state index in [1.165, 1.54) is 19.1 Å². The van der Waals surface area contributed by atoms with Crippen molar-refractivity contribution in [1.29, 1.82) is 0 Å². The molecule has 61 heavy (non-hydrogen) atoms. The first kappa shape index (κ1) is 46.4. The lowest BCUT2D eigenvalue weighted by Gasteiger charge is -2.56. The second kappa shape index (κ2) is 16.2. The highest BCUT2D eigenvalue weighted by molar-refractivity contribution is 6.33. The zero-order valence-corrected chi connectivity index (χ0v) is 38.1. The highest BCUT2D eigenvalue weighted by Crippen LogP contribution is 2.60. The molecule has 3 unspecified atom stereocenters. The number of methoxy groups -OCH3 is 1. The Balaban J connectivity index is 1.48. The summed E-state index contributed by atoms with van der Waals surface area (Å²) in [5.74, 6) is -3.22. The van der Waals surface area contributed by atoms with Crippen LogP contribution in [0, 0.1) is 23.7 Å². The van der Waals surface area contributed by atoms with Crippen molar-refractivity contribution in [2.24, 2.45) is 23.7 Å². The number of aliphatic hydroxyl groups is 1. The molecular weight excluding hydrogens is 814 g/mol. The summed E-state index contributed by atoms with van der Waals surface area (Å²) in [7, 11) is 2.89. The van der Waals surface area contributed by atoms with Crippen LogP contribution in [-0.2, 0) is 43.7 Å². The summed E-state index contributed by atoms with van der Waals surface area (Å²) in [5.41, 5.74) is -5.08. The van der Waals surface area contributed by atoms with Crippen LogP contribution in [0.2, 0.25) is 5.02 Å². The van der Waals surface area contributed by atoms with Crippen molar-refractivity contribution in [2.45, 2.75) is 154 Å². The molecule has 3 aliphatic carbocycles. The molecule has 3 fully saturated rings. The third-order valence-electron chi connectivity index (χ3n) is 13.6. The fraction of sp³-hybridized carbons (Fsp3) is 0.705. The van der Waals surface area contributed by atoms with Crippen LogP contribution in [0.5, 0.6) is 0 Å². The molecule has 0 bridgehead atoms. The number of esters is 2. The average molecular weight is 877 g/mol. The average Bonchev–Trinajstić information content (AvgIpc) is 3.93. The minimum atomic E-state index is -1.99. The monoisotopic (exact) mass is 876 g/mol. The van der Waals surface area contributed by atoms with Gasteiger partial charge in [0.1, 0.15) is 16.7 Å². The fourth-order valence-electron chi connectivity index (χ4n) is 10.7. The Hall–Kier alpha value is -4.12. The summed E-state index contributed by atoms with van der Waals surface area (Å²) in [6.07, 6.45) is -3.04. The van der Waals surface area contributed by atoms with E-state index >= 15 is 4.79 Å². The number of hydrogen-bond donors (Lipinski definition) is 2. The van der Waals surface area contributed by atoms with Crippen molar-refractivity contribution in [3.8, 4) is 0 Å². The number of amides is 2. The van der Waals surface area contributed by atoms with E-state index in [1.54, 1.807) is 78.6 Å². The lowest BCUT2D eigenvalue weighted by Crippen LogP contribution is -2.75. The number of carbonyl (C=O) groups excluding carboxylic acids is 4. The van der Waals surface area contributed by atoms with Crippen molar-refractivity contribution in [3.05, 3.63) is 40.4 Å². The maximum Gasteiger partial charge on any atom is 0.517 e. The van der Waals surface area contributed by atoms with Crippen molar-refractivity contribution in [2.75, 3.05) is 25.8 Å². The quantitative estimate of drug-likeness (QED) is 0.114. The Bertz CT molecular complexity index is 1960. The van der Waals surface area contributed by atoms with Crippen LogP contribution in [0.15, 0.2) is 29.8 Å². The highest BCUT2D eigenvalue weighted by Gasteiger charge is 2.79. The summed E-state index contributed by atoms with van der Waals surface area (Å²) in [6.45, 7) is 17.1. The van der Waals surface area contributed by atoms with E-state index in [4.69, 9.17) is 40.1 Å². The molecule has 2 amide bonds. The summed E-state index contributed by atoms with van der Waals surface area (Å²) in [4.78, 5) is 77.3. The van der Waals surface area contributed by atoms with Crippen LogP contribution in [0.3, 0.4) is 0 Å². The van der Waals surface area contributed by atoms with Gasteiger partial charge in [-0.2, -0.15) is 9.28 Å². The van der Waals surface area contributed by atoms with E-state index in [1.807, 2.05) is 19.9 Å². The minimum Gasteiger partial charge on any atom is -0.454 e. The van der Waals surface area contributed by atoms with Gasteiger partial charge in [0.25, 0.3) is 6.23 Å². The molecule has 2 aliphatic heterocycles. The molecule has 11 atom stereocenters.